The molecule has 2 fully saturated rings. The lowest BCUT2D eigenvalue weighted by Crippen LogP contribution is -2.50. The number of aryl methyl sites for hydroxylation is 1. The molecule has 0 radical (unpaired) electrons. The summed E-state index contributed by atoms with van der Waals surface area (Å²) in [6, 6.07) is 10.6. The summed E-state index contributed by atoms with van der Waals surface area (Å²) in [7, 11) is 1.93. The van der Waals surface area contributed by atoms with E-state index < -0.39 is 0 Å². The van der Waals surface area contributed by atoms with Gasteiger partial charge in [0.2, 0.25) is 0 Å². The number of nitrogens with one attached hydrogen (secondary N) is 1. The lowest BCUT2D eigenvalue weighted by Gasteiger charge is -2.35. The predicted molar refractivity (Wildman–Crippen MR) is 89.6 cm³/mol. The standard InChI is InChI=1S/C18H23N3O2/c1-20-16-7-3-2-5-13(16)9-17(20)18(22)19-10-15-11-21-8-4-6-14(21)12-23-15/h2-3,5,7,9,14-15H,4,6,8,10-12H2,1H3,(H,19,22)/t14-,15-/m0/s1. The first-order valence-electron chi connectivity index (χ1n) is 8.40. The zero-order chi connectivity index (χ0) is 15.8. The van der Waals surface area contributed by atoms with E-state index in [0.29, 0.717) is 18.3 Å². The first-order chi connectivity index (χ1) is 11.2. The van der Waals surface area contributed by atoms with Crippen molar-refractivity contribution in [2.75, 3.05) is 26.2 Å². The van der Waals surface area contributed by atoms with Gasteiger partial charge in [-0.2, -0.15) is 0 Å². The number of amides is 1. The molecule has 122 valence electrons. The van der Waals surface area contributed by atoms with Gasteiger partial charge in [-0.05, 0) is 31.5 Å². The highest BCUT2D eigenvalue weighted by Crippen LogP contribution is 2.22. The molecule has 0 saturated carbocycles. The van der Waals surface area contributed by atoms with E-state index in [2.05, 4.69) is 10.2 Å². The molecule has 2 aliphatic heterocycles. The van der Waals surface area contributed by atoms with Crippen molar-refractivity contribution < 1.29 is 9.53 Å². The molecular weight excluding hydrogens is 290 g/mol. The number of carbonyl (C=O) groups is 1. The summed E-state index contributed by atoms with van der Waals surface area (Å²) in [6.07, 6.45) is 2.61. The van der Waals surface area contributed by atoms with Crippen LogP contribution in [-0.2, 0) is 11.8 Å². The van der Waals surface area contributed by atoms with E-state index in [4.69, 9.17) is 4.74 Å². The highest BCUT2D eigenvalue weighted by atomic mass is 16.5. The van der Waals surface area contributed by atoms with Crippen molar-refractivity contribution in [2.45, 2.75) is 25.0 Å². The van der Waals surface area contributed by atoms with Gasteiger partial charge in [0.1, 0.15) is 5.69 Å². The minimum absolute atomic E-state index is 0.0316. The third kappa shape index (κ3) is 2.75. The Balaban J connectivity index is 1.40. The molecule has 4 rings (SSSR count). The predicted octanol–water partition coefficient (Wildman–Crippen LogP) is 1.77. The Labute approximate surface area is 136 Å². The van der Waals surface area contributed by atoms with Crippen LogP contribution in [0.4, 0.5) is 0 Å². The maximum absolute atomic E-state index is 12.5. The van der Waals surface area contributed by atoms with Gasteiger partial charge in [-0.15, -0.1) is 0 Å². The quantitative estimate of drug-likeness (QED) is 0.939. The van der Waals surface area contributed by atoms with Crippen LogP contribution in [0.25, 0.3) is 10.9 Å². The lowest BCUT2D eigenvalue weighted by molar-refractivity contribution is -0.0462. The van der Waals surface area contributed by atoms with Gasteiger partial charge in [0, 0.05) is 37.1 Å². The van der Waals surface area contributed by atoms with Crippen LogP contribution >= 0.6 is 0 Å². The van der Waals surface area contributed by atoms with Gasteiger partial charge in [-0.25, -0.2) is 0 Å². The van der Waals surface area contributed by atoms with Crippen LogP contribution in [0.1, 0.15) is 23.3 Å². The maximum atomic E-state index is 12.5. The second kappa shape index (κ2) is 5.98. The highest BCUT2D eigenvalue weighted by Gasteiger charge is 2.32. The second-order valence-electron chi connectivity index (χ2n) is 6.60. The van der Waals surface area contributed by atoms with Crippen molar-refractivity contribution in [3.8, 4) is 0 Å². The Morgan fingerprint density at radius 3 is 3.13 bits per heavy atom. The molecule has 23 heavy (non-hydrogen) atoms. The third-order valence-corrected chi connectivity index (χ3v) is 5.14. The first kappa shape index (κ1) is 14.7. The monoisotopic (exact) mass is 313 g/mol. The molecule has 1 amide bonds. The van der Waals surface area contributed by atoms with E-state index in [1.807, 2.05) is 41.9 Å². The van der Waals surface area contributed by atoms with Crippen LogP contribution in [0, 0.1) is 0 Å². The molecule has 2 aromatic rings. The van der Waals surface area contributed by atoms with Gasteiger partial charge in [-0.3, -0.25) is 9.69 Å². The van der Waals surface area contributed by atoms with Gasteiger partial charge in [0.25, 0.3) is 5.91 Å². The second-order valence-corrected chi connectivity index (χ2v) is 6.60. The van der Waals surface area contributed by atoms with Crippen LogP contribution in [0.5, 0.6) is 0 Å². The van der Waals surface area contributed by atoms with E-state index in [0.717, 1.165) is 24.1 Å². The van der Waals surface area contributed by atoms with Crippen molar-refractivity contribution in [3.63, 3.8) is 0 Å². The zero-order valence-corrected chi connectivity index (χ0v) is 13.5. The fourth-order valence-corrected chi connectivity index (χ4v) is 3.81. The number of hydrogen-bond donors (Lipinski definition) is 1. The lowest BCUT2D eigenvalue weighted by atomic mass is 10.2. The molecule has 2 saturated heterocycles. The number of nitrogens with zero attached hydrogens (tertiary/aromatic N) is 2. The summed E-state index contributed by atoms with van der Waals surface area (Å²) in [6.45, 7) is 3.47. The van der Waals surface area contributed by atoms with Gasteiger partial charge in [0.15, 0.2) is 0 Å². The Morgan fingerprint density at radius 1 is 1.39 bits per heavy atom. The number of carbonyl (C=O) groups excluding carboxylic acids is 1. The van der Waals surface area contributed by atoms with Crippen molar-refractivity contribution in [1.82, 2.24) is 14.8 Å². The molecular formula is C18H23N3O2. The van der Waals surface area contributed by atoms with Crippen LogP contribution < -0.4 is 5.32 Å². The van der Waals surface area contributed by atoms with E-state index >= 15 is 0 Å². The van der Waals surface area contributed by atoms with E-state index in [9.17, 15) is 4.79 Å². The molecule has 5 heteroatoms. The molecule has 1 aromatic heterocycles. The van der Waals surface area contributed by atoms with Gasteiger partial charge in [-0.1, -0.05) is 18.2 Å². The summed E-state index contributed by atoms with van der Waals surface area (Å²) >= 11 is 0. The average Bonchev–Trinajstić information content (AvgIpc) is 3.17. The number of aromatic nitrogens is 1. The normalized spacial score (nSPS) is 24.7. The Bertz CT molecular complexity index is 724. The van der Waals surface area contributed by atoms with Crippen molar-refractivity contribution in [3.05, 3.63) is 36.0 Å². The van der Waals surface area contributed by atoms with E-state index in [1.165, 1.54) is 19.4 Å². The molecule has 0 bridgehead atoms. The SMILES string of the molecule is Cn1c(C(=O)NC[C@H]2CN3CCC[C@H]3CO2)cc2ccccc21. The summed E-state index contributed by atoms with van der Waals surface area (Å²) in [4.78, 5) is 15.0. The number of ether oxygens (including phenoxy) is 1. The zero-order valence-electron chi connectivity index (χ0n) is 13.5. The van der Waals surface area contributed by atoms with Gasteiger partial charge in [0.05, 0.1) is 12.7 Å². The molecule has 1 N–H and O–H groups in total. The molecule has 0 aliphatic carbocycles. The molecule has 0 spiro atoms. The summed E-state index contributed by atoms with van der Waals surface area (Å²) in [5.41, 5.74) is 1.77. The third-order valence-electron chi connectivity index (χ3n) is 5.14. The number of rotatable bonds is 3. The molecule has 0 unspecified atom stereocenters. The number of fused-ring (bicyclic) bond motifs is 2. The van der Waals surface area contributed by atoms with Crippen molar-refractivity contribution in [2.24, 2.45) is 7.05 Å². The van der Waals surface area contributed by atoms with Crippen LogP contribution in [0.2, 0.25) is 0 Å². The number of para-hydroxylation sites is 1. The smallest absolute Gasteiger partial charge is 0.268 e. The van der Waals surface area contributed by atoms with E-state index in [-0.39, 0.29) is 12.0 Å². The Hall–Kier alpha value is -1.85. The minimum atomic E-state index is -0.0316. The Morgan fingerprint density at radius 2 is 2.26 bits per heavy atom. The molecule has 2 atom stereocenters. The van der Waals surface area contributed by atoms with Gasteiger partial charge >= 0.3 is 0 Å². The first-order valence-corrected chi connectivity index (χ1v) is 8.40. The van der Waals surface area contributed by atoms with Crippen molar-refractivity contribution >= 4 is 16.8 Å². The molecule has 5 nitrogen and oxygen atoms in total. The fourth-order valence-electron chi connectivity index (χ4n) is 3.81. The summed E-state index contributed by atoms with van der Waals surface area (Å²) in [5, 5.41) is 4.13. The maximum Gasteiger partial charge on any atom is 0.268 e. The molecule has 2 aliphatic rings. The fraction of sp³-hybridized carbons (Fsp3) is 0.500. The highest BCUT2D eigenvalue weighted by molar-refractivity contribution is 5.98. The van der Waals surface area contributed by atoms with Gasteiger partial charge < -0.3 is 14.6 Å². The number of morpholine rings is 1. The Kier molecular flexibility index (Phi) is 3.83. The molecule has 3 heterocycles. The average molecular weight is 313 g/mol. The largest absolute Gasteiger partial charge is 0.373 e. The number of benzene rings is 1. The van der Waals surface area contributed by atoms with Crippen molar-refractivity contribution in [1.29, 1.82) is 0 Å². The summed E-state index contributed by atoms with van der Waals surface area (Å²) in [5.74, 6) is -0.0316. The van der Waals surface area contributed by atoms with E-state index in [1.54, 1.807) is 0 Å². The topological polar surface area (TPSA) is 46.5 Å². The molecule has 1 aromatic carbocycles. The van der Waals surface area contributed by atoms with Crippen LogP contribution in [0.15, 0.2) is 30.3 Å². The van der Waals surface area contributed by atoms with Crippen LogP contribution in [-0.4, -0.2) is 53.8 Å². The minimum Gasteiger partial charge on any atom is -0.373 e. The number of hydrogen-bond acceptors (Lipinski definition) is 3. The van der Waals surface area contributed by atoms with Crippen LogP contribution in [0.3, 0.4) is 0 Å². The summed E-state index contributed by atoms with van der Waals surface area (Å²) < 4.78 is 7.85.